The highest BCUT2D eigenvalue weighted by atomic mass is 16.5. The molecule has 5 nitrogen and oxygen atoms in total. The van der Waals surface area contributed by atoms with E-state index in [4.69, 9.17) is 9.84 Å². The highest BCUT2D eigenvalue weighted by Crippen LogP contribution is 2.27. The van der Waals surface area contributed by atoms with Gasteiger partial charge in [0.25, 0.3) is 0 Å². The van der Waals surface area contributed by atoms with E-state index >= 15 is 0 Å². The van der Waals surface area contributed by atoms with Crippen molar-refractivity contribution in [1.29, 1.82) is 0 Å². The van der Waals surface area contributed by atoms with Gasteiger partial charge in [0.05, 0.1) is 13.2 Å². The molecule has 1 unspecified atom stereocenters. The zero-order valence-corrected chi connectivity index (χ0v) is 27.0. The lowest BCUT2D eigenvalue weighted by molar-refractivity contribution is -0.131. The molecular formula is C36H54O5. The van der Waals surface area contributed by atoms with Crippen molar-refractivity contribution in [3.05, 3.63) is 65.2 Å². The second-order valence-corrected chi connectivity index (χ2v) is 13.4. The van der Waals surface area contributed by atoms with Crippen LogP contribution in [0.4, 0.5) is 0 Å². The Bertz CT molecular complexity index is 1050. The van der Waals surface area contributed by atoms with Crippen molar-refractivity contribution in [2.24, 2.45) is 29.1 Å². The Balaban J connectivity index is 0.00000154. The minimum absolute atomic E-state index is 0.0317. The number of Topliss-reactive ketones (excluding diaryl/α,β-unsaturated/α-hetero) is 3. The molecule has 41 heavy (non-hydrogen) atoms. The van der Waals surface area contributed by atoms with Crippen molar-refractivity contribution in [1.82, 2.24) is 0 Å². The van der Waals surface area contributed by atoms with Crippen LogP contribution in [0.25, 0.3) is 0 Å². The zero-order valence-electron chi connectivity index (χ0n) is 27.0. The van der Waals surface area contributed by atoms with Crippen LogP contribution in [-0.2, 0) is 22.6 Å². The van der Waals surface area contributed by atoms with E-state index in [9.17, 15) is 14.4 Å². The SMILES string of the molecule is CC(=O)C(CC(C)C)[C@H](CCCCOc1ccc(C[C@H](C)C(=O)c2ccc(CO)cc2)cc1)C(C)=O.CC(C)(C)C. The van der Waals surface area contributed by atoms with E-state index in [0.717, 1.165) is 36.1 Å². The van der Waals surface area contributed by atoms with Gasteiger partial charge in [-0.2, -0.15) is 0 Å². The quantitative estimate of drug-likeness (QED) is 0.163. The van der Waals surface area contributed by atoms with E-state index in [1.807, 2.05) is 31.2 Å². The third-order valence-corrected chi connectivity index (χ3v) is 6.77. The van der Waals surface area contributed by atoms with Crippen LogP contribution in [0, 0.1) is 29.1 Å². The molecule has 2 aromatic rings. The lowest BCUT2D eigenvalue weighted by Crippen LogP contribution is -2.28. The van der Waals surface area contributed by atoms with Gasteiger partial charge in [0.1, 0.15) is 17.3 Å². The predicted molar refractivity (Wildman–Crippen MR) is 168 cm³/mol. The molecule has 0 amide bonds. The van der Waals surface area contributed by atoms with Gasteiger partial charge >= 0.3 is 0 Å². The lowest BCUT2D eigenvalue weighted by Gasteiger charge is -2.24. The highest BCUT2D eigenvalue weighted by molar-refractivity contribution is 5.97. The molecule has 0 heterocycles. The molecule has 0 aromatic heterocycles. The molecule has 0 aliphatic rings. The molecule has 0 saturated heterocycles. The molecule has 5 heteroatoms. The van der Waals surface area contributed by atoms with Crippen LogP contribution in [-0.4, -0.2) is 29.1 Å². The number of rotatable bonds is 16. The molecule has 0 aliphatic heterocycles. The molecule has 2 aromatic carbocycles. The van der Waals surface area contributed by atoms with E-state index in [1.165, 1.54) is 0 Å². The molecule has 2 rings (SSSR count). The van der Waals surface area contributed by atoms with Crippen molar-refractivity contribution < 1.29 is 24.2 Å². The summed E-state index contributed by atoms with van der Waals surface area (Å²) in [7, 11) is 0. The van der Waals surface area contributed by atoms with Gasteiger partial charge in [-0.1, -0.05) is 84.9 Å². The molecular weight excluding hydrogens is 512 g/mol. The maximum Gasteiger partial charge on any atom is 0.165 e. The largest absolute Gasteiger partial charge is 0.494 e. The van der Waals surface area contributed by atoms with Crippen LogP contribution in [0.2, 0.25) is 0 Å². The lowest BCUT2D eigenvalue weighted by atomic mass is 9.78. The van der Waals surface area contributed by atoms with E-state index in [2.05, 4.69) is 41.5 Å². The first kappa shape index (κ1) is 36.2. The number of aliphatic hydroxyl groups excluding tert-OH is 1. The van der Waals surface area contributed by atoms with Gasteiger partial charge in [-0.25, -0.2) is 0 Å². The number of ether oxygens (including phenoxy) is 1. The van der Waals surface area contributed by atoms with Gasteiger partial charge in [0, 0.05) is 23.3 Å². The topological polar surface area (TPSA) is 80.7 Å². The fourth-order valence-electron chi connectivity index (χ4n) is 4.69. The van der Waals surface area contributed by atoms with Crippen LogP contribution >= 0.6 is 0 Å². The monoisotopic (exact) mass is 566 g/mol. The number of carbonyl (C=O) groups excluding carboxylic acids is 3. The third kappa shape index (κ3) is 15.1. The van der Waals surface area contributed by atoms with Gasteiger partial charge in [-0.15, -0.1) is 0 Å². The molecule has 3 atom stereocenters. The molecule has 0 fully saturated rings. The summed E-state index contributed by atoms with van der Waals surface area (Å²) in [5.41, 5.74) is 3.02. The number of aliphatic hydroxyl groups is 1. The Hall–Kier alpha value is -2.79. The summed E-state index contributed by atoms with van der Waals surface area (Å²) in [6.45, 7) is 18.6. The van der Waals surface area contributed by atoms with Gasteiger partial charge in [0.2, 0.25) is 0 Å². The molecule has 0 saturated carbocycles. The molecule has 0 bridgehead atoms. The standard InChI is InChI=1S/C31H42O5.C5H12/c1-21(2)18-30(24(5)34)29(23(4)33)8-6-7-17-36-28-15-11-25(12-16-28)19-22(3)31(35)27-13-9-26(20-32)10-14-27;1-5(2,3)4/h9-16,21-22,29-30,32H,6-8,17-20H2,1-5H3;1-4H3/t22-,29+,30?;/m0./s1. The van der Waals surface area contributed by atoms with Gasteiger partial charge in [0.15, 0.2) is 5.78 Å². The second-order valence-electron chi connectivity index (χ2n) is 13.4. The summed E-state index contributed by atoms with van der Waals surface area (Å²) in [6, 6.07) is 14.9. The Morgan fingerprint density at radius 2 is 1.29 bits per heavy atom. The molecule has 0 aliphatic carbocycles. The summed E-state index contributed by atoms with van der Waals surface area (Å²) in [5.74, 6) is 0.905. The third-order valence-electron chi connectivity index (χ3n) is 6.77. The minimum Gasteiger partial charge on any atom is -0.494 e. The van der Waals surface area contributed by atoms with Gasteiger partial charge < -0.3 is 9.84 Å². The molecule has 228 valence electrons. The van der Waals surface area contributed by atoms with E-state index < -0.39 is 0 Å². The smallest absolute Gasteiger partial charge is 0.165 e. The Morgan fingerprint density at radius 1 is 0.780 bits per heavy atom. The van der Waals surface area contributed by atoms with E-state index in [0.29, 0.717) is 36.3 Å². The van der Waals surface area contributed by atoms with Crippen LogP contribution in [0.1, 0.15) is 109 Å². The fraction of sp³-hybridized carbons (Fsp3) is 0.583. The Labute approximate surface area is 249 Å². The van der Waals surface area contributed by atoms with Crippen molar-refractivity contribution >= 4 is 17.3 Å². The average Bonchev–Trinajstić information content (AvgIpc) is 2.88. The normalized spacial score (nSPS) is 13.5. The van der Waals surface area contributed by atoms with Gasteiger partial charge in [-0.3, -0.25) is 14.4 Å². The molecule has 0 spiro atoms. The number of ketones is 3. The van der Waals surface area contributed by atoms with Gasteiger partial charge in [-0.05, 0) is 80.5 Å². The van der Waals surface area contributed by atoms with Crippen molar-refractivity contribution in [3.63, 3.8) is 0 Å². The van der Waals surface area contributed by atoms with Crippen molar-refractivity contribution in [2.45, 2.75) is 101 Å². The van der Waals surface area contributed by atoms with Crippen LogP contribution in [0.15, 0.2) is 48.5 Å². The minimum atomic E-state index is -0.207. The number of unbranched alkanes of at least 4 members (excludes halogenated alkanes) is 1. The average molecular weight is 567 g/mol. The van der Waals surface area contributed by atoms with E-state index in [-0.39, 0.29) is 41.7 Å². The Kier molecular flexibility index (Phi) is 15.8. The number of carbonyl (C=O) groups is 3. The highest BCUT2D eigenvalue weighted by Gasteiger charge is 2.29. The van der Waals surface area contributed by atoms with Crippen LogP contribution in [0.3, 0.4) is 0 Å². The Morgan fingerprint density at radius 3 is 1.76 bits per heavy atom. The molecule has 1 N–H and O–H groups in total. The predicted octanol–water partition coefficient (Wildman–Crippen LogP) is 8.30. The number of hydrogen-bond donors (Lipinski definition) is 1. The number of benzene rings is 2. The maximum absolute atomic E-state index is 12.7. The number of hydrogen-bond acceptors (Lipinski definition) is 5. The first-order chi connectivity index (χ1) is 19.1. The summed E-state index contributed by atoms with van der Waals surface area (Å²) >= 11 is 0. The van der Waals surface area contributed by atoms with Crippen LogP contribution < -0.4 is 4.74 Å². The zero-order chi connectivity index (χ0) is 31.2. The summed E-state index contributed by atoms with van der Waals surface area (Å²) < 4.78 is 5.88. The van der Waals surface area contributed by atoms with E-state index in [1.54, 1.807) is 38.1 Å². The van der Waals surface area contributed by atoms with Crippen LogP contribution in [0.5, 0.6) is 5.75 Å². The first-order valence-electron chi connectivity index (χ1n) is 15.1. The van der Waals surface area contributed by atoms with Crippen molar-refractivity contribution in [2.75, 3.05) is 6.61 Å². The first-order valence-corrected chi connectivity index (χ1v) is 15.1. The molecule has 0 radical (unpaired) electrons. The maximum atomic E-state index is 12.7. The summed E-state index contributed by atoms with van der Waals surface area (Å²) in [6.07, 6.45) is 3.76. The van der Waals surface area contributed by atoms with Crippen molar-refractivity contribution in [3.8, 4) is 5.75 Å². The second kappa shape index (κ2) is 17.9. The summed E-state index contributed by atoms with van der Waals surface area (Å²) in [4.78, 5) is 37.0. The summed E-state index contributed by atoms with van der Waals surface area (Å²) in [5, 5.41) is 9.16. The fourth-order valence-corrected chi connectivity index (χ4v) is 4.69.